The Morgan fingerprint density at radius 1 is 1.23 bits per heavy atom. The second-order valence-electron chi connectivity index (χ2n) is 6.75. The molecule has 1 aromatic carbocycles. The summed E-state index contributed by atoms with van der Waals surface area (Å²) in [6, 6.07) is 4.99. The van der Waals surface area contributed by atoms with E-state index in [0.717, 1.165) is 15.8 Å². The Hall–Kier alpha value is -3.05. The summed E-state index contributed by atoms with van der Waals surface area (Å²) in [4.78, 5) is 51.5. The van der Waals surface area contributed by atoms with Crippen LogP contribution < -0.4 is 16.0 Å². The third kappa shape index (κ3) is 5.51. The van der Waals surface area contributed by atoms with Gasteiger partial charge in [0, 0.05) is 23.1 Å². The summed E-state index contributed by atoms with van der Waals surface area (Å²) >= 11 is 4.11. The van der Waals surface area contributed by atoms with E-state index in [4.69, 9.17) is 10.8 Å². The van der Waals surface area contributed by atoms with Gasteiger partial charge in [-0.2, -0.15) is 12.6 Å². The lowest BCUT2D eigenvalue weighted by molar-refractivity contribution is -0.139. The van der Waals surface area contributed by atoms with E-state index in [0.29, 0.717) is 11.4 Å². The van der Waals surface area contributed by atoms with Crippen LogP contribution in [0.5, 0.6) is 0 Å². The molecule has 11 heteroatoms. The maximum Gasteiger partial charge on any atom is 0.323 e. The summed E-state index contributed by atoms with van der Waals surface area (Å²) in [5, 5.41) is 21.4. The van der Waals surface area contributed by atoms with Crippen molar-refractivity contribution in [3.8, 4) is 0 Å². The standard InChI is InChI=1S/C19H24N4O6S/c1-10-11-4-2-3-5-13(11)22-17(10)23(8-16(25)26)18(27)14(9-30)21-15(24)7-6-12(20)19(28)29/h2-5,12,14,22,30H,6-9,20H2,1H3,(H,21,24)(H,25,26)(H,28,29)/t12?,14-/m1/s1. The number of aryl methyl sites for hydroxylation is 1. The molecule has 30 heavy (non-hydrogen) atoms. The highest BCUT2D eigenvalue weighted by molar-refractivity contribution is 7.80. The van der Waals surface area contributed by atoms with Gasteiger partial charge >= 0.3 is 11.9 Å². The number of carboxylic acids is 2. The molecular weight excluding hydrogens is 412 g/mol. The van der Waals surface area contributed by atoms with Crippen molar-refractivity contribution in [1.82, 2.24) is 10.3 Å². The third-order valence-electron chi connectivity index (χ3n) is 4.58. The number of benzene rings is 1. The number of nitrogens with zero attached hydrogens (tertiary/aromatic N) is 1. The number of thiol groups is 1. The van der Waals surface area contributed by atoms with E-state index in [9.17, 15) is 24.3 Å². The monoisotopic (exact) mass is 436 g/mol. The van der Waals surface area contributed by atoms with Crippen molar-refractivity contribution in [2.75, 3.05) is 17.2 Å². The number of anilines is 1. The normalized spacial score (nSPS) is 12.9. The first-order valence-electron chi connectivity index (χ1n) is 9.14. The van der Waals surface area contributed by atoms with Crippen LogP contribution in [0, 0.1) is 6.92 Å². The Balaban J connectivity index is 2.23. The summed E-state index contributed by atoms with van der Waals surface area (Å²) < 4.78 is 0. The SMILES string of the molecule is Cc1c(N(CC(=O)O)C(=O)[C@@H](CS)NC(=O)CCC(N)C(=O)O)[nH]c2ccccc12. The number of carbonyl (C=O) groups is 4. The molecule has 2 rings (SSSR count). The molecule has 10 nitrogen and oxygen atoms in total. The summed E-state index contributed by atoms with van der Waals surface area (Å²) in [6.45, 7) is 1.15. The van der Waals surface area contributed by atoms with Gasteiger partial charge in [0.25, 0.3) is 5.91 Å². The van der Waals surface area contributed by atoms with Gasteiger partial charge in [0.1, 0.15) is 24.4 Å². The van der Waals surface area contributed by atoms with E-state index in [-0.39, 0.29) is 18.6 Å². The van der Waals surface area contributed by atoms with Gasteiger partial charge in [0.15, 0.2) is 0 Å². The number of nitrogens with one attached hydrogen (secondary N) is 2. The number of carboxylic acid groups (broad SMARTS) is 2. The summed E-state index contributed by atoms with van der Waals surface area (Å²) in [5.41, 5.74) is 6.81. The van der Waals surface area contributed by atoms with E-state index in [2.05, 4.69) is 22.9 Å². The van der Waals surface area contributed by atoms with E-state index in [1.807, 2.05) is 18.2 Å². The van der Waals surface area contributed by atoms with Gasteiger partial charge in [-0.15, -0.1) is 0 Å². The molecular formula is C19H24N4O6S. The number of aliphatic carboxylic acids is 2. The van der Waals surface area contributed by atoms with Gasteiger partial charge in [-0.1, -0.05) is 18.2 Å². The van der Waals surface area contributed by atoms with Crippen molar-refractivity contribution in [2.24, 2.45) is 5.73 Å². The first-order valence-corrected chi connectivity index (χ1v) is 9.78. The van der Waals surface area contributed by atoms with Crippen LogP contribution in [0.25, 0.3) is 10.9 Å². The van der Waals surface area contributed by atoms with Crippen molar-refractivity contribution in [1.29, 1.82) is 0 Å². The van der Waals surface area contributed by atoms with E-state index >= 15 is 0 Å². The number of rotatable bonds is 10. The molecule has 0 fully saturated rings. The fourth-order valence-electron chi connectivity index (χ4n) is 2.99. The van der Waals surface area contributed by atoms with Crippen molar-refractivity contribution in [3.05, 3.63) is 29.8 Å². The molecule has 0 spiro atoms. The molecule has 6 N–H and O–H groups in total. The molecule has 162 valence electrons. The smallest absolute Gasteiger partial charge is 0.323 e. The number of amides is 2. The average Bonchev–Trinajstić information content (AvgIpc) is 3.04. The van der Waals surface area contributed by atoms with E-state index in [1.54, 1.807) is 13.0 Å². The molecule has 0 bridgehead atoms. The van der Waals surface area contributed by atoms with Crippen LogP contribution in [0.2, 0.25) is 0 Å². The minimum absolute atomic E-state index is 0.0784. The fourth-order valence-corrected chi connectivity index (χ4v) is 3.24. The van der Waals surface area contributed by atoms with Gasteiger partial charge in [0.05, 0.1) is 0 Å². The predicted octanol–water partition coefficient (Wildman–Crippen LogP) is 0.501. The van der Waals surface area contributed by atoms with Crippen molar-refractivity contribution < 1.29 is 29.4 Å². The highest BCUT2D eigenvalue weighted by Crippen LogP contribution is 2.28. The maximum absolute atomic E-state index is 13.1. The van der Waals surface area contributed by atoms with Crippen LogP contribution in [0.3, 0.4) is 0 Å². The number of H-pyrrole nitrogens is 1. The molecule has 0 aliphatic heterocycles. The van der Waals surface area contributed by atoms with Gasteiger partial charge in [-0.3, -0.25) is 24.1 Å². The summed E-state index contributed by atoms with van der Waals surface area (Å²) in [6.07, 6.45) is -0.302. The average molecular weight is 436 g/mol. The Morgan fingerprint density at radius 2 is 1.90 bits per heavy atom. The van der Waals surface area contributed by atoms with Gasteiger partial charge in [0.2, 0.25) is 5.91 Å². The molecule has 0 saturated heterocycles. The molecule has 2 atom stereocenters. The second-order valence-corrected chi connectivity index (χ2v) is 7.11. The number of hydrogen-bond acceptors (Lipinski definition) is 6. The maximum atomic E-state index is 13.1. The minimum Gasteiger partial charge on any atom is -0.480 e. The van der Waals surface area contributed by atoms with Gasteiger partial charge in [-0.25, -0.2) is 0 Å². The molecule has 0 aliphatic carbocycles. The minimum atomic E-state index is -1.23. The molecule has 0 saturated carbocycles. The van der Waals surface area contributed by atoms with Crippen LogP contribution in [0.15, 0.2) is 24.3 Å². The van der Waals surface area contributed by atoms with Crippen molar-refractivity contribution >= 4 is 53.1 Å². The van der Waals surface area contributed by atoms with E-state index in [1.165, 1.54) is 0 Å². The number of aromatic nitrogens is 1. The molecule has 2 aromatic rings. The highest BCUT2D eigenvalue weighted by Gasteiger charge is 2.30. The van der Waals surface area contributed by atoms with Crippen LogP contribution >= 0.6 is 12.6 Å². The lowest BCUT2D eigenvalue weighted by atomic mass is 10.1. The lowest BCUT2D eigenvalue weighted by Gasteiger charge is -2.25. The largest absolute Gasteiger partial charge is 0.480 e. The van der Waals surface area contributed by atoms with E-state index < -0.39 is 42.4 Å². The first-order chi connectivity index (χ1) is 14.1. The Labute approximate surface area is 177 Å². The number of carbonyl (C=O) groups excluding carboxylic acids is 2. The number of hydrogen-bond donors (Lipinski definition) is 6. The Morgan fingerprint density at radius 3 is 2.47 bits per heavy atom. The zero-order valence-electron chi connectivity index (χ0n) is 16.3. The molecule has 1 unspecified atom stereocenters. The third-order valence-corrected chi connectivity index (χ3v) is 4.95. The number of fused-ring (bicyclic) bond motifs is 1. The zero-order valence-corrected chi connectivity index (χ0v) is 17.2. The van der Waals surface area contributed by atoms with Gasteiger partial charge in [-0.05, 0) is 25.0 Å². The highest BCUT2D eigenvalue weighted by atomic mass is 32.1. The molecule has 0 radical (unpaired) electrons. The van der Waals surface area contributed by atoms with Crippen LogP contribution in [-0.2, 0) is 19.2 Å². The molecule has 0 aliphatic rings. The number of aromatic amines is 1. The number of para-hydroxylation sites is 1. The molecule has 1 aromatic heterocycles. The summed E-state index contributed by atoms with van der Waals surface area (Å²) in [7, 11) is 0. The van der Waals surface area contributed by atoms with Gasteiger partial charge < -0.3 is 26.2 Å². The summed E-state index contributed by atoms with van der Waals surface area (Å²) in [5.74, 6) is -3.45. The van der Waals surface area contributed by atoms with Crippen LogP contribution in [0.1, 0.15) is 18.4 Å². The number of nitrogens with two attached hydrogens (primary N) is 1. The van der Waals surface area contributed by atoms with Crippen molar-refractivity contribution in [3.63, 3.8) is 0 Å². The second kappa shape index (κ2) is 10.1. The van der Waals surface area contributed by atoms with Crippen LogP contribution in [-0.4, -0.2) is 63.3 Å². The first kappa shape index (κ1) is 23.2. The Kier molecular flexibility index (Phi) is 7.84. The predicted molar refractivity (Wildman–Crippen MR) is 114 cm³/mol. The quantitative estimate of drug-likeness (QED) is 0.295. The molecule has 2 amide bonds. The Bertz CT molecular complexity index is 960. The molecule has 1 heterocycles. The topological polar surface area (TPSA) is 166 Å². The van der Waals surface area contributed by atoms with Crippen LogP contribution in [0.4, 0.5) is 5.82 Å². The fraction of sp³-hybridized carbons (Fsp3) is 0.368. The lowest BCUT2D eigenvalue weighted by Crippen LogP contribution is -2.51. The zero-order chi connectivity index (χ0) is 22.4. The van der Waals surface area contributed by atoms with Crippen molar-refractivity contribution in [2.45, 2.75) is 31.8 Å².